The molecule has 2 aromatic rings. The van der Waals surface area contributed by atoms with Crippen LogP contribution < -0.4 is 10.6 Å². The SMILES string of the molecule is Cc1ccccc1NC(=O)c1nnc(CSCC(=O)NC2CCCCCC2)s1. The highest BCUT2D eigenvalue weighted by atomic mass is 32.2. The summed E-state index contributed by atoms with van der Waals surface area (Å²) in [6, 6.07) is 7.94. The molecule has 1 saturated carbocycles. The van der Waals surface area contributed by atoms with Gasteiger partial charge in [-0.3, -0.25) is 9.59 Å². The number of carbonyl (C=O) groups is 2. The fourth-order valence-corrected chi connectivity index (χ4v) is 4.84. The molecule has 0 spiro atoms. The Hall–Kier alpha value is -1.93. The smallest absolute Gasteiger partial charge is 0.286 e. The number of nitrogens with zero attached hydrogens (tertiary/aromatic N) is 2. The number of anilines is 1. The zero-order chi connectivity index (χ0) is 19.8. The number of para-hydroxylation sites is 1. The van der Waals surface area contributed by atoms with E-state index in [0.29, 0.717) is 22.6 Å². The molecular formula is C20H26N4O2S2. The molecule has 150 valence electrons. The molecule has 0 radical (unpaired) electrons. The molecule has 0 saturated heterocycles. The standard InChI is InChI=1S/C20H26N4O2S2/c1-14-8-6-7-11-16(14)22-19(26)20-24-23-18(28-20)13-27-12-17(25)21-15-9-4-2-3-5-10-15/h6-8,11,15H,2-5,9-10,12-13H2,1H3,(H,21,25)(H,22,26). The van der Waals surface area contributed by atoms with Crippen LogP contribution in [0.1, 0.15) is 58.9 Å². The predicted molar refractivity (Wildman–Crippen MR) is 115 cm³/mol. The molecule has 0 bridgehead atoms. The average Bonchev–Trinajstić information content (AvgIpc) is 3.00. The highest BCUT2D eigenvalue weighted by Crippen LogP contribution is 2.20. The normalized spacial score (nSPS) is 15.0. The Balaban J connectivity index is 1.42. The lowest BCUT2D eigenvalue weighted by Crippen LogP contribution is -2.35. The molecule has 2 N–H and O–H groups in total. The van der Waals surface area contributed by atoms with Crippen molar-refractivity contribution in [3.8, 4) is 0 Å². The lowest BCUT2D eigenvalue weighted by Gasteiger charge is -2.15. The van der Waals surface area contributed by atoms with E-state index in [0.717, 1.165) is 29.1 Å². The van der Waals surface area contributed by atoms with Gasteiger partial charge in [0.2, 0.25) is 10.9 Å². The monoisotopic (exact) mass is 418 g/mol. The number of hydrogen-bond acceptors (Lipinski definition) is 6. The molecule has 0 atom stereocenters. The summed E-state index contributed by atoms with van der Waals surface area (Å²) >= 11 is 2.77. The molecule has 3 rings (SSSR count). The Morgan fingerprint density at radius 2 is 1.89 bits per heavy atom. The third-order valence-corrected chi connectivity index (χ3v) is 6.78. The van der Waals surface area contributed by atoms with Crippen molar-refractivity contribution >= 4 is 40.6 Å². The molecule has 0 aliphatic heterocycles. The van der Waals surface area contributed by atoms with Crippen LogP contribution in [0.5, 0.6) is 0 Å². The van der Waals surface area contributed by atoms with Gasteiger partial charge in [-0.1, -0.05) is 55.2 Å². The topological polar surface area (TPSA) is 84.0 Å². The number of thioether (sulfide) groups is 1. The molecule has 1 aromatic heterocycles. The number of carbonyl (C=O) groups excluding carboxylic acids is 2. The minimum atomic E-state index is -0.255. The Morgan fingerprint density at radius 3 is 2.64 bits per heavy atom. The van der Waals surface area contributed by atoms with Crippen molar-refractivity contribution in [1.82, 2.24) is 15.5 Å². The second-order valence-corrected chi connectivity index (χ2v) is 9.07. The van der Waals surface area contributed by atoms with E-state index in [9.17, 15) is 9.59 Å². The quantitative estimate of drug-likeness (QED) is 0.659. The van der Waals surface area contributed by atoms with Crippen LogP contribution in [0.15, 0.2) is 24.3 Å². The lowest BCUT2D eigenvalue weighted by atomic mass is 10.1. The van der Waals surface area contributed by atoms with Crippen molar-refractivity contribution in [3.63, 3.8) is 0 Å². The van der Waals surface area contributed by atoms with E-state index < -0.39 is 0 Å². The molecule has 0 unspecified atom stereocenters. The van der Waals surface area contributed by atoms with Crippen molar-refractivity contribution in [2.75, 3.05) is 11.1 Å². The first kappa shape index (κ1) is 20.8. The van der Waals surface area contributed by atoms with Crippen LogP contribution in [-0.2, 0) is 10.5 Å². The summed E-state index contributed by atoms with van der Waals surface area (Å²) in [6.45, 7) is 1.94. The van der Waals surface area contributed by atoms with Gasteiger partial charge in [0, 0.05) is 17.5 Å². The van der Waals surface area contributed by atoms with E-state index in [1.807, 2.05) is 31.2 Å². The maximum atomic E-state index is 12.3. The van der Waals surface area contributed by atoms with Gasteiger partial charge >= 0.3 is 0 Å². The average molecular weight is 419 g/mol. The van der Waals surface area contributed by atoms with Gasteiger partial charge in [0.15, 0.2) is 0 Å². The fraction of sp³-hybridized carbons (Fsp3) is 0.500. The summed E-state index contributed by atoms with van der Waals surface area (Å²) in [5, 5.41) is 15.2. The van der Waals surface area contributed by atoms with Crippen LogP contribution in [0, 0.1) is 6.92 Å². The van der Waals surface area contributed by atoms with Crippen LogP contribution in [0.25, 0.3) is 0 Å². The summed E-state index contributed by atoms with van der Waals surface area (Å²) in [5.74, 6) is 0.807. The summed E-state index contributed by atoms with van der Waals surface area (Å²) in [7, 11) is 0. The minimum Gasteiger partial charge on any atom is -0.353 e. The van der Waals surface area contributed by atoms with Gasteiger partial charge in [0.1, 0.15) is 5.01 Å². The molecule has 6 nitrogen and oxygen atoms in total. The molecule has 1 aliphatic rings. The molecule has 28 heavy (non-hydrogen) atoms. The molecule has 2 amide bonds. The third-order valence-electron chi connectivity index (χ3n) is 4.73. The Labute approximate surface area is 173 Å². The van der Waals surface area contributed by atoms with Gasteiger partial charge in [0.25, 0.3) is 5.91 Å². The lowest BCUT2D eigenvalue weighted by molar-refractivity contribution is -0.119. The first-order valence-corrected chi connectivity index (χ1v) is 11.7. The van der Waals surface area contributed by atoms with Gasteiger partial charge in [-0.25, -0.2) is 0 Å². The van der Waals surface area contributed by atoms with Crippen molar-refractivity contribution in [1.29, 1.82) is 0 Å². The fourth-order valence-electron chi connectivity index (χ4n) is 3.22. The Bertz CT molecular complexity index is 801. The summed E-state index contributed by atoms with van der Waals surface area (Å²) in [4.78, 5) is 24.5. The zero-order valence-electron chi connectivity index (χ0n) is 16.1. The molecule has 1 aromatic carbocycles. The number of aromatic nitrogens is 2. The predicted octanol–water partition coefficient (Wildman–Crippen LogP) is 4.17. The highest BCUT2D eigenvalue weighted by molar-refractivity contribution is 7.99. The first-order chi connectivity index (χ1) is 13.6. The largest absolute Gasteiger partial charge is 0.353 e. The zero-order valence-corrected chi connectivity index (χ0v) is 17.7. The van der Waals surface area contributed by atoms with Gasteiger partial charge in [-0.15, -0.1) is 22.0 Å². The van der Waals surface area contributed by atoms with Crippen molar-refractivity contribution in [3.05, 3.63) is 39.8 Å². The van der Waals surface area contributed by atoms with Crippen molar-refractivity contribution in [2.24, 2.45) is 0 Å². The maximum absolute atomic E-state index is 12.3. The molecule has 1 fully saturated rings. The Kier molecular flexibility index (Phi) is 7.85. The Morgan fingerprint density at radius 1 is 1.14 bits per heavy atom. The molecule has 1 heterocycles. The third kappa shape index (κ3) is 6.31. The molecule has 1 aliphatic carbocycles. The van der Waals surface area contributed by atoms with Crippen LogP contribution in [-0.4, -0.2) is 33.8 Å². The second-order valence-electron chi connectivity index (χ2n) is 7.02. The number of aryl methyl sites for hydroxylation is 1. The van der Waals surface area contributed by atoms with E-state index in [4.69, 9.17) is 0 Å². The van der Waals surface area contributed by atoms with Crippen LogP contribution in [0.2, 0.25) is 0 Å². The summed E-state index contributed by atoms with van der Waals surface area (Å²) in [5.41, 5.74) is 1.77. The van der Waals surface area contributed by atoms with Gasteiger partial charge in [0.05, 0.1) is 5.75 Å². The van der Waals surface area contributed by atoms with Gasteiger partial charge in [-0.05, 0) is 31.4 Å². The van der Waals surface area contributed by atoms with E-state index in [1.165, 1.54) is 48.8 Å². The van der Waals surface area contributed by atoms with Crippen LogP contribution in [0.4, 0.5) is 5.69 Å². The van der Waals surface area contributed by atoms with Crippen LogP contribution >= 0.6 is 23.1 Å². The minimum absolute atomic E-state index is 0.0823. The summed E-state index contributed by atoms with van der Waals surface area (Å²) < 4.78 is 0. The first-order valence-electron chi connectivity index (χ1n) is 9.68. The summed E-state index contributed by atoms with van der Waals surface area (Å²) in [6.07, 6.45) is 7.14. The van der Waals surface area contributed by atoms with Gasteiger partial charge < -0.3 is 10.6 Å². The number of benzene rings is 1. The molecule has 8 heteroatoms. The number of rotatable bonds is 7. The second kappa shape index (κ2) is 10.6. The molecular weight excluding hydrogens is 392 g/mol. The van der Waals surface area contributed by atoms with E-state index in [-0.39, 0.29) is 11.8 Å². The maximum Gasteiger partial charge on any atom is 0.286 e. The van der Waals surface area contributed by atoms with Crippen LogP contribution in [0.3, 0.4) is 0 Å². The van der Waals surface area contributed by atoms with E-state index >= 15 is 0 Å². The number of nitrogens with one attached hydrogen (secondary N) is 2. The van der Waals surface area contributed by atoms with Crippen molar-refractivity contribution in [2.45, 2.75) is 57.2 Å². The van der Waals surface area contributed by atoms with E-state index in [1.54, 1.807) is 0 Å². The number of hydrogen-bond donors (Lipinski definition) is 2. The highest BCUT2D eigenvalue weighted by Gasteiger charge is 2.16. The van der Waals surface area contributed by atoms with Crippen molar-refractivity contribution < 1.29 is 9.59 Å². The van der Waals surface area contributed by atoms with E-state index in [2.05, 4.69) is 20.8 Å². The number of amides is 2. The van der Waals surface area contributed by atoms with Gasteiger partial charge in [-0.2, -0.15) is 0 Å².